The van der Waals surface area contributed by atoms with Crippen molar-refractivity contribution in [2.45, 2.75) is 105 Å². The maximum atomic E-state index is 12.3. The highest BCUT2D eigenvalue weighted by atomic mass is 32.2. The van der Waals surface area contributed by atoms with E-state index in [2.05, 4.69) is 202 Å². The second kappa shape index (κ2) is 48.7. The van der Waals surface area contributed by atoms with Gasteiger partial charge in [-0.15, -0.1) is 0 Å². The SMILES string of the molecule is CCC.CCC.CCCOCC[n+]1ccc(-c2cc[n+](CCOCC[n+]3ccc(-c4cc[n+](CCOCCOS(=O)(=O)c5ccc(C)cc5)cc4)cc3)cc2)cc1.c1cc(-c2cc[n+](CCOCCOCCOCCOCCOCC[n+]3ccc(-c4ccncc4)cc3)cc2)ccn1. The number of benzene rings is 1. The lowest BCUT2D eigenvalue weighted by Crippen LogP contribution is -2.37. The van der Waals surface area contributed by atoms with E-state index in [0.717, 1.165) is 80.2 Å². The van der Waals surface area contributed by atoms with E-state index in [-0.39, 0.29) is 18.1 Å². The van der Waals surface area contributed by atoms with Gasteiger partial charge in [0.05, 0.1) is 71.0 Å². The van der Waals surface area contributed by atoms with Crippen LogP contribution in [0.1, 0.15) is 59.4 Å². The summed E-state index contributed by atoms with van der Waals surface area (Å²) in [6.07, 6.45) is 35.6. The van der Waals surface area contributed by atoms with Gasteiger partial charge in [0.25, 0.3) is 10.1 Å². The standard InChI is InChI=1S/C40H50N4O6S.C32H40N4O5.2C3H8/c1-3-28-47-29-24-41-16-8-36(9-17-41)37-10-18-42(19-11-37)25-30-48-31-26-43-20-12-38(13-21-43)39-14-22-44(23-15-39)27-32-49-33-34-50-51(45,46)40-6-4-35(2)5-7-40;1-9-33-10-2-29(1)31-5-13-35(14-6-31)17-19-37-21-23-39-25-27-41-28-26-40-24-22-38-20-18-36-15-7-32(8-16-36)30-3-11-34-12-4-30;2*1-3-2/h4-23H,3,24-34H2,1-2H3;1-16H,17-28H2;2*3H2,1-2H3/q+4;+2;;. The van der Waals surface area contributed by atoms with E-state index in [1.165, 1.54) is 35.1 Å². The van der Waals surface area contributed by atoms with Crippen LogP contribution in [0.4, 0.5) is 0 Å². The molecule has 1 aromatic carbocycles. The number of ether oxygens (including phenoxy) is 8. The third kappa shape index (κ3) is 32.1. The number of rotatable bonds is 41. The van der Waals surface area contributed by atoms with Gasteiger partial charge in [0.15, 0.2) is 114 Å². The second-order valence-corrected chi connectivity index (χ2v) is 24.4. The Morgan fingerprint density at radius 2 is 0.480 bits per heavy atom. The summed E-state index contributed by atoms with van der Waals surface area (Å²) in [4.78, 5) is 8.27. The van der Waals surface area contributed by atoms with E-state index >= 15 is 0 Å². The van der Waals surface area contributed by atoms with Crippen molar-refractivity contribution in [2.24, 2.45) is 0 Å². The Hall–Kier alpha value is -7.99. The zero-order valence-electron chi connectivity index (χ0n) is 58.6. The summed E-state index contributed by atoms with van der Waals surface area (Å²) in [5, 5.41) is 0. The summed E-state index contributed by atoms with van der Waals surface area (Å²) in [7, 11) is -3.78. The molecule has 8 heterocycles. The van der Waals surface area contributed by atoms with Gasteiger partial charge in [0, 0.05) is 104 Å². The average Bonchev–Trinajstić information content (AvgIpc) is 1.02. The third-order valence-corrected chi connectivity index (χ3v) is 15.9. The molecule has 19 nitrogen and oxygen atoms in total. The normalized spacial score (nSPS) is 11.0. The zero-order chi connectivity index (χ0) is 69.4. The van der Waals surface area contributed by atoms with Crippen LogP contribution < -0.4 is 27.4 Å². The fourth-order valence-corrected chi connectivity index (χ4v) is 10.2. The number of aromatic nitrogens is 8. The van der Waals surface area contributed by atoms with Gasteiger partial charge in [0.2, 0.25) is 0 Å². The van der Waals surface area contributed by atoms with Gasteiger partial charge in [-0.1, -0.05) is 65.2 Å². The molecule has 8 aromatic heterocycles. The number of pyridine rings is 8. The molecule has 0 unspecified atom stereocenters. The van der Waals surface area contributed by atoms with Crippen molar-refractivity contribution in [3.8, 4) is 44.5 Å². The molecular formula is C78H106N8O11S+6. The molecule has 9 aromatic rings. The van der Waals surface area contributed by atoms with Crippen LogP contribution in [0.3, 0.4) is 0 Å². The first kappa shape index (κ1) is 79.0. The molecule has 9 rings (SSSR count). The maximum Gasteiger partial charge on any atom is 0.297 e. The summed E-state index contributed by atoms with van der Waals surface area (Å²) in [5.74, 6) is 0. The van der Waals surface area contributed by atoms with Crippen molar-refractivity contribution >= 4 is 10.1 Å². The molecule has 0 aliphatic rings. The smallest absolute Gasteiger partial charge is 0.297 e. The average molecular weight is 1360 g/mol. The van der Waals surface area contributed by atoms with Crippen molar-refractivity contribution in [1.82, 2.24) is 9.97 Å². The van der Waals surface area contributed by atoms with Gasteiger partial charge in [-0.3, -0.25) is 14.2 Å². The molecule has 0 spiro atoms. The van der Waals surface area contributed by atoms with E-state index in [0.29, 0.717) is 92.4 Å². The zero-order valence-corrected chi connectivity index (χ0v) is 59.5. The third-order valence-electron chi connectivity index (χ3n) is 14.6. The maximum absolute atomic E-state index is 12.3. The lowest BCUT2D eigenvalue weighted by Gasteiger charge is -2.07. The van der Waals surface area contributed by atoms with Crippen LogP contribution in [0, 0.1) is 6.92 Å². The predicted octanol–water partition coefficient (Wildman–Crippen LogP) is 10.0. The van der Waals surface area contributed by atoms with E-state index < -0.39 is 10.1 Å². The Kier molecular flexibility index (Phi) is 39.2. The molecular weight excluding hydrogens is 1260 g/mol. The van der Waals surface area contributed by atoms with Gasteiger partial charge in [-0.05, 0) is 94.3 Å². The second-order valence-electron chi connectivity index (χ2n) is 22.8. The van der Waals surface area contributed by atoms with Crippen molar-refractivity contribution in [3.05, 3.63) is 226 Å². The first-order chi connectivity index (χ1) is 48.1. The largest absolute Gasteiger partial charge is 0.377 e. The quantitative estimate of drug-likeness (QED) is 0.0202. The first-order valence-corrected chi connectivity index (χ1v) is 35.9. The Morgan fingerprint density at radius 1 is 0.276 bits per heavy atom. The molecule has 0 aliphatic heterocycles. The van der Waals surface area contributed by atoms with Crippen LogP contribution in [-0.4, -0.2) is 131 Å². The van der Waals surface area contributed by atoms with Crippen molar-refractivity contribution in [3.63, 3.8) is 0 Å². The van der Waals surface area contributed by atoms with Crippen molar-refractivity contribution < 1.29 is 77.9 Å². The molecule has 0 saturated heterocycles. The first-order valence-electron chi connectivity index (χ1n) is 34.4. The molecule has 0 atom stereocenters. The van der Waals surface area contributed by atoms with Crippen LogP contribution in [0.15, 0.2) is 225 Å². The highest BCUT2D eigenvalue weighted by Crippen LogP contribution is 2.19. The van der Waals surface area contributed by atoms with E-state index in [4.69, 9.17) is 42.1 Å². The van der Waals surface area contributed by atoms with Gasteiger partial charge >= 0.3 is 0 Å². The number of nitrogens with zero attached hydrogens (tertiary/aromatic N) is 8. The number of hydrogen-bond acceptors (Lipinski definition) is 13. The predicted molar refractivity (Wildman–Crippen MR) is 377 cm³/mol. The Labute approximate surface area is 582 Å². The summed E-state index contributed by atoms with van der Waals surface area (Å²) in [5.41, 5.74) is 10.3. The van der Waals surface area contributed by atoms with Crippen molar-refractivity contribution in [1.29, 1.82) is 0 Å². The lowest BCUT2D eigenvalue weighted by molar-refractivity contribution is -0.705. The van der Waals surface area contributed by atoms with Crippen LogP contribution in [-0.2, 0) is 91.5 Å². The molecule has 0 N–H and O–H groups in total. The molecule has 0 bridgehead atoms. The van der Waals surface area contributed by atoms with Gasteiger partial charge < -0.3 is 37.9 Å². The van der Waals surface area contributed by atoms with Gasteiger partial charge in [0.1, 0.15) is 39.6 Å². The van der Waals surface area contributed by atoms with Crippen molar-refractivity contribution in [2.75, 3.05) is 112 Å². The molecule has 0 amide bonds. The molecule has 0 fully saturated rings. The Balaban J connectivity index is 0.000000292. The molecule has 20 heteroatoms. The molecule has 98 heavy (non-hydrogen) atoms. The van der Waals surface area contributed by atoms with E-state index in [1.54, 1.807) is 49.1 Å². The molecule has 0 aliphatic carbocycles. The lowest BCUT2D eigenvalue weighted by atomic mass is 10.1. The number of aryl methyl sites for hydroxylation is 1. The minimum absolute atomic E-state index is 0.0277. The minimum Gasteiger partial charge on any atom is -0.377 e. The molecule has 0 radical (unpaired) electrons. The monoisotopic (exact) mass is 1360 g/mol. The Morgan fingerprint density at radius 3 is 0.724 bits per heavy atom. The topological polar surface area (TPSA) is 166 Å². The Bertz CT molecular complexity index is 3470. The summed E-state index contributed by atoms with van der Waals surface area (Å²) in [6.45, 7) is 26.3. The van der Waals surface area contributed by atoms with Gasteiger partial charge in [-0.2, -0.15) is 8.42 Å². The van der Waals surface area contributed by atoms with Crippen LogP contribution in [0.2, 0.25) is 0 Å². The molecule has 0 saturated carbocycles. The minimum atomic E-state index is -3.78. The van der Waals surface area contributed by atoms with E-state index in [1.807, 2.05) is 48.1 Å². The van der Waals surface area contributed by atoms with Gasteiger partial charge in [-0.25, -0.2) is 27.4 Å². The summed E-state index contributed by atoms with van der Waals surface area (Å²) < 4.78 is 87.4. The van der Waals surface area contributed by atoms with Crippen LogP contribution in [0.25, 0.3) is 44.5 Å². The highest BCUT2D eigenvalue weighted by Gasteiger charge is 2.16. The highest BCUT2D eigenvalue weighted by molar-refractivity contribution is 7.86. The van der Waals surface area contributed by atoms with Crippen LogP contribution in [0.5, 0.6) is 0 Å². The number of hydrogen-bond donors (Lipinski definition) is 0. The fourth-order valence-electron chi connectivity index (χ4n) is 9.31. The van der Waals surface area contributed by atoms with E-state index in [9.17, 15) is 8.42 Å². The summed E-state index contributed by atoms with van der Waals surface area (Å²) >= 11 is 0. The fraction of sp³-hybridized carbons (Fsp3) is 0.410. The summed E-state index contributed by atoms with van der Waals surface area (Å²) in [6, 6.07) is 40.0. The molecule has 524 valence electrons. The van der Waals surface area contributed by atoms with Crippen LogP contribution >= 0.6 is 0 Å².